The molecule has 0 N–H and O–H groups in total. The van der Waals surface area contributed by atoms with Gasteiger partial charge in [-0.2, -0.15) is 5.10 Å². The van der Waals surface area contributed by atoms with Gasteiger partial charge in [-0.1, -0.05) is 0 Å². The predicted octanol–water partition coefficient (Wildman–Crippen LogP) is 3.04. The number of amides is 1. The molecule has 3 aliphatic rings. The van der Waals surface area contributed by atoms with E-state index in [1.807, 2.05) is 22.6 Å². The summed E-state index contributed by atoms with van der Waals surface area (Å²) in [6, 6.07) is 8.57. The average Bonchev–Trinajstić information content (AvgIpc) is 3.45. The van der Waals surface area contributed by atoms with Crippen molar-refractivity contribution in [1.29, 1.82) is 0 Å². The second kappa shape index (κ2) is 6.72. The highest BCUT2D eigenvalue weighted by Crippen LogP contribution is 2.47. The summed E-state index contributed by atoms with van der Waals surface area (Å²) >= 11 is 0. The van der Waals surface area contributed by atoms with Gasteiger partial charge in [0.25, 0.3) is 0 Å². The summed E-state index contributed by atoms with van der Waals surface area (Å²) in [7, 11) is 0. The number of anilines is 1. The first kappa shape index (κ1) is 17.4. The van der Waals surface area contributed by atoms with Crippen LogP contribution in [0.4, 0.5) is 15.9 Å². The van der Waals surface area contributed by atoms with Gasteiger partial charge in [-0.25, -0.2) is 14.1 Å². The molecular weight excluding hydrogens is 357 g/mol. The molecular formula is C21H24FN5O. The number of piperazine rings is 1. The quantitative estimate of drug-likeness (QED) is 0.821. The van der Waals surface area contributed by atoms with E-state index in [1.165, 1.54) is 12.1 Å². The zero-order valence-electron chi connectivity index (χ0n) is 16.0. The van der Waals surface area contributed by atoms with E-state index < -0.39 is 0 Å². The van der Waals surface area contributed by atoms with Crippen molar-refractivity contribution in [3.8, 4) is 0 Å². The molecule has 2 fully saturated rings. The van der Waals surface area contributed by atoms with Gasteiger partial charge in [0.05, 0.1) is 18.2 Å². The van der Waals surface area contributed by atoms with E-state index in [-0.39, 0.29) is 23.7 Å². The van der Waals surface area contributed by atoms with Crippen molar-refractivity contribution >= 4 is 23.1 Å². The Hall–Kier alpha value is -2.70. The highest BCUT2D eigenvalue weighted by atomic mass is 19.1. The fraction of sp³-hybridized carbons (Fsp3) is 0.476. The number of halogens is 1. The van der Waals surface area contributed by atoms with Crippen molar-refractivity contribution in [1.82, 2.24) is 14.7 Å². The van der Waals surface area contributed by atoms with E-state index in [9.17, 15) is 9.18 Å². The normalized spacial score (nSPS) is 24.7. The van der Waals surface area contributed by atoms with Crippen molar-refractivity contribution in [2.24, 2.45) is 16.8 Å². The SMILES string of the molecule is CC1=Nc2ccnn2C(C2CC2)C1C(=O)N1CCN(c2ccc(F)cc2)CC1. The Balaban J connectivity index is 1.32. The van der Waals surface area contributed by atoms with Crippen molar-refractivity contribution in [2.45, 2.75) is 25.8 Å². The third-order valence-electron chi connectivity index (χ3n) is 6.17. The van der Waals surface area contributed by atoms with Gasteiger partial charge in [0.2, 0.25) is 5.91 Å². The largest absolute Gasteiger partial charge is 0.368 e. The maximum absolute atomic E-state index is 13.5. The maximum atomic E-state index is 13.5. The number of rotatable bonds is 3. The lowest BCUT2D eigenvalue weighted by molar-refractivity contribution is -0.135. The standard InChI is InChI=1S/C21H24FN5O/c1-14-19(20(15-2-3-15)27-18(24-14)8-9-23-27)21(28)26-12-10-25(11-13-26)17-6-4-16(22)5-7-17/h4-9,15,19-20H,2-3,10-13H2,1H3. The predicted molar refractivity (Wildman–Crippen MR) is 105 cm³/mol. The molecule has 5 rings (SSSR count). The number of aliphatic imine (C=N–C) groups is 1. The molecule has 0 bridgehead atoms. The first-order valence-corrected chi connectivity index (χ1v) is 10.00. The van der Waals surface area contributed by atoms with E-state index in [4.69, 9.17) is 0 Å². The van der Waals surface area contributed by atoms with Crippen LogP contribution in [0.2, 0.25) is 0 Å². The number of aromatic nitrogens is 2. The molecule has 6 nitrogen and oxygen atoms in total. The average molecular weight is 381 g/mol. The lowest BCUT2D eigenvalue weighted by Crippen LogP contribution is -2.53. The van der Waals surface area contributed by atoms with Gasteiger partial charge in [0.15, 0.2) is 5.82 Å². The number of benzene rings is 1. The van der Waals surface area contributed by atoms with Gasteiger partial charge in [0, 0.05) is 43.6 Å². The molecule has 2 atom stereocenters. The van der Waals surface area contributed by atoms with Crippen molar-refractivity contribution in [3.63, 3.8) is 0 Å². The Morgan fingerprint density at radius 1 is 1.07 bits per heavy atom. The summed E-state index contributed by atoms with van der Waals surface area (Å²) < 4.78 is 15.1. The zero-order chi connectivity index (χ0) is 19.3. The fourth-order valence-electron chi connectivity index (χ4n) is 4.53. The van der Waals surface area contributed by atoms with E-state index in [2.05, 4.69) is 15.0 Å². The number of hydrogen-bond donors (Lipinski definition) is 0. The third kappa shape index (κ3) is 2.99. The minimum absolute atomic E-state index is 0.0881. The molecule has 28 heavy (non-hydrogen) atoms. The van der Waals surface area contributed by atoms with Crippen LogP contribution >= 0.6 is 0 Å². The molecule has 1 saturated heterocycles. The summed E-state index contributed by atoms with van der Waals surface area (Å²) in [5, 5.41) is 4.47. The van der Waals surface area contributed by atoms with E-state index in [0.29, 0.717) is 19.0 Å². The Morgan fingerprint density at radius 3 is 2.46 bits per heavy atom. The van der Waals surface area contributed by atoms with Crippen LogP contribution in [-0.2, 0) is 4.79 Å². The summed E-state index contributed by atoms with van der Waals surface area (Å²) in [5.41, 5.74) is 1.90. The first-order chi connectivity index (χ1) is 13.6. The topological polar surface area (TPSA) is 53.7 Å². The highest BCUT2D eigenvalue weighted by Gasteiger charge is 2.47. The molecule has 2 aliphatic heterocycles. The van der Waals surface area contributed by atoms with Crippen molar-refractivity contribution in [3.05, 3.63) is 42.3 Å². The first-order valence-electron chi connectivity index (χ1n) is 10.00. The molecule has 0 radical (unpaired) electrons. The molecule has 146 valence electrons. The Kier molecular flexibility index (Phi) is 4.18. The highest BCUT2D eigenvalue weighted by molar-refractivity contribution is 6.05. The van der Waals surface area contributed by atoms with Gasteiger partial charge in [-0.3, -0.25) is 4.79 Å². The second-order valence-electron chi connectivity index (χ2n) is 7.98. The second-order valence-corrected chi connectivity index (χ2v) is 7.98. The van der Waals surface area contributed by atoms with Crippen LogP contribution in [0, 0.1) is 17.7 Å². The summed E-state index contributed by atoms with van der Waals surface area (Å²) in [4.78, 5) is 22.3. The van der Waals surface area contributed by atoms with Crippen LogP contribution < -0.4 is 4.90 Å². The van der Waals surface area contributed by atoms with Crippen LogP contribution in [-0.4, -0.2) is 52.5 Å². The molecule has 1 amide bonds. The molecule has 1 aliphatic carbocycles. The van der Waals surface area contributed by atoms with Crippen LogP contribution in [0.3, 0.4) is 0 Å². The van der Waals surface area contributed by atoms with Crippen LogP contribution in [0.1, 0.15) is 25.8 Å². The van der Waals surface area contributed by atoms with E-state index in [0.717, 1.165) is 43.1 Å². The van der Waals surface area contributed by atoms with Crippen molar-refractivity contribution in [2.75, 3.05) is 31.1 Å². The molecule has 1 saturated carbocycles. The monoisotopic (exact) mass is 381 g/mol. The Labute approximate surface area is 163 Å². The Morgan fingerprint density at radius 2 is 1.79 bits per heavy atom. The summed E-state index contributed by atoms with van der Waals surface area (Å²) in [6.45, 7) is 4.82. The number of hydrogen-bond acceptors (Lipinski definition) is 4. The van der Waals surface area contributed by atoms with Crippen LogP contribution in [0.25, 0.3) is 0 Å². The minimum Gasteiger partial charge on any atom is -0.368 e. The summed E-state index contributed by atoms with van der Waals surface area (Å²) in [6.07, 6.45) is 4.08. The maximum Gasteiger partial charge on any atom is 0.233 e. The Bertz CT molecular complexity index is 909. The number of carbonyl (C=O) groups excluding carboxylic acids is 1. The number of carbonyl (C=O) groups is 1. The van der Waals surface area contributed by atoms with Gasteiger partial charge in [-0.05, 0) is 49.9 Å². The van der Waals surface area contributed by atoms with Crippen LogP contribution in [0.15, 0.2) is 41.5 Å². The van der Waals surface area contributed by atoms with Crippen LogP contribution in [0.5, 0.6) is 0 Å². The summed E-state index contributed by atoms with van der Waals surface area (Å²) in [5.74, 6) is 1.09. The number of fused-ring (bicyclic) bond motifs is 1. The van der Waals surface area contributed by atoms with Gasteiger partial charge >= 0.3 is 0 Å². The molecule has 2 unspecified atom stereocenters. The van der Waals surface area contributed by atoms with E-state index in [1.54, 1.807) is 18.3 Å². The lowest BCUT2D eigenvalue weighted by Gasteiger charge is -2.40. The molecule has 0 spiro atoms. The zero-order valence-corrected chi connectivity index (χ0v) is 16.0. The lowest BCUT2D eigenvalue weighted by atomic mass is 9.88. The third-order valence-corrected chi connectivity index (χ3v) is 6.17. The number of nitrogens with zero attached hydrogens (tertiary/aromatic N) is 5. The van der Waals surface area contributed by atoms with Gasteiger partial charge in [-0.15, -0.1) is 0 Å². The molecule has 7 heteroatoms. The molecule has 1 aromatic heterocycles. The van der Waals surface area contributed by atoms with Gasteiger partial charge < -0.3 is 9.80 Å². The van der Waals surface area contributed by atoms with Crippen molar-refractivity contribution < 1.29 is 9.18 Å². The molecule has 1 aromatic carbocycles. The smallest absolute Gasteiger partial charge is 0.233 e. The fourth-order valence-corrected chi connectivity index (χ4v) is 4.53. The molecule has 3 heterocycles. The van der Waals surface area contributed by atoms with Gasteiger partial charge in [0.1, 0.15) is 5.82 Å². The van der Waals surface area contributed by atoms with E-state index >= 15 is 0 Å². The minimum atomic E-state index is -0.228. The molecule has 2 aromatic rings.